The molecule has 0 radical (unpaired) electrons. The van der Waals surface area contributed by atoms with Crippen LogP contribution >= 0.6 is 0 Å². The number of rotatable bonds is 3. The Bertz CT molecular complexity index is 824. The molecule has 7 heteroatoms. The van der Waals surface area contributed by atoms with Gasteiger partial charge in [0.1, 0.15) is 23.9 Å². The van der Waals surface area contributed by atoms with Gasteiger partial charge in [-0.3, -0.25) is 4.79 Å². The van der Waals surface area contributed by atoms with E-state index in [1.54, 1.807) is 0 Å². The van der Waals surface area contributed by atoms with Gasteiger partial charge in [-0.25, -0.2) is 0 Å². The first-order chi connectivity index (χ1) is 11.4. The van der Waals surface area contributed by atoms with E-state index in [2.05, 4.69) is 0 Å². The Morgan fingerprint density at radius 1 is 1.29 bits per heavy atom. The van der Waals surface area contributed by atoms with Crippen molar-refractivity contribution in [2.45, 2.75) is 38.7 Å². The lowest BCUT2D eigenvalue weighted by Gasteiger charge is -2.27. The molecule has 1 aliphatic rings. The van der Waals surface area contributed by atoms with Gasteiger partial charge in [0.25, 0.3) is 0 Å². The van der Waals surface area contributed by atoms with Gasteiger partial charge in [-0.05, 0) is 24.6 Å². The van der Waals surface area contributed by atoms with Crippen molar-refractivity contribution < 1.29 is 27.4 Å². The second-order valence-electron chi connectivity index (χ2n) is 5.59. The minimum absolute atomic E-state index is 0.0377. The first-order valence-corrected chi connectivity index (χ1v) is 7.50. The molecule has 0 bridgehead atoms. The van der Waals surface area contributed by atoms with Gasteiger partial charge in [0, 0.05) is 0 Å². The molecule has 2 heterocycles. The van der Waals surface area contributed by atoms with Gasteiger partial charge in [0.15, 0.2) is 5.43 Å². The maximum absolute atomic E-state index is 12.9. The number of ether oxygens (including phenoxy) is 1. The van der Waals surface area contributed by atoms with Crippen molar-refractivity contribution in [3.63, 3.8) is 0 Å². The summed E-state index contributed by atoms with van der Waals surface area (Å²) in [5.41, 5.74) is -0.589. The van der Waals surface area contributed by atoms with E-state index in [4.69, 9.17) is 9.15 Å². The van der Waals surface area contributed by atoms with E-state index in [9.17, 15) is 23.1 Å². The van der Waals surface area contributed by atoms with Gasteiger partial charge in [0.05, 0.1) is 28.9 Å². The number of aliphatic hydroxyl groups excluding tert-OH is 1. The van der Waals surface area contributed by atoms with Crippen LogP contribution in [0.2, 0.25) is 0 Å². The molecule has 1 aliphatic heterocycles. The Kier molecular flexibility index (Phi) is 4.13. The summed E-state index contributed by atoms with van der Waals surface area (Å²) < 4.78 is 49.8. The largest absolute Gasteiger partial charge is 0.485 e. The minimum Gasteiger partial charge on any atom is -0.485 e. The zero-order valence-corrected chi connectivity index (χ0v) is 12.8. The van der Waals surface area contributed by atoms with E-state index in [1.807, 2.05) is 6.92 Å². The summed E-state index contributed by atoms with van der Waals surface area (Å²) in [6, 6.07) is 3.08. The van der Waals surface area contributed by atoms with Crippen molar-refractivity contribution in [2.24, 2.45) is 0 Å². The van der Waals surface area contributed by atoms with E-state index >= 15 is 0 Å². The first-order valence-electron chi connectivity index (χ1n) is 7.50. The minimum atomic E-state index is -4.49. The first kappa shape index (κ1) is 16.6. The standard InChI is InChI=1S/C17H15F3O4/c1-2-3-12-14-15(22)9(7-21)8-23-16(14)11-5-4-10(17(18,19)20)6-13(11)24-12/h4-6,8,12,21H,2-3,7H2,1H3. The van der Waals surface area contributed by atoms with Crippen LogP contribution in [0.1, 0.15) is 42.6 Å². The average Bonchev–Trinajstić information content (AvgIpc) is 2.54. The smallest absolute Gasteiger partial charge is 0.416 e. The van der Waals surface area contributed by atoms with E-state index in [0.717, 1.165) is 18.4 Å². The van der Waals surface area contributed by atoms with Crippen molar-refractivity contribution in [1.82, 2.24) is 0 Å². The molecule has 1 N–H and O–H groups in total. The number of hydrogen-bond donors (Lipinski definition) is 1. The molecule has 128 valence electrons. The topological polar surface area (TPSA) is 59.7 Å². The Morgan fingerprint density at radius 3 is 2.67 bits per heavy atom. The average molecular weight is 340 g/mol. The van der Waals surface area contributed by atoms with Crippen molar-refractivity contribution in [3.05, 3.63) is 51.4 Å². The highest BCUT2D eigenvalue weighted by Crippen LogP contribution is 2.45. The normalized spacial score (nSPS) is 16.3. The molecule has 4 nitrogen and oxygen atoms in total. The van der Waals surface area contributed by atoms with E-state index in [1.165, 1.54) is 6.07 Å². The summed E-state index contributed by atoms with van der Waals surface area (Å²) in [5, 5.41) is 9.23. The maximum Gasteiger partial charge on any atom is 0.416 e. The van der Waals surface area contributed by atoms with Crippen LogP contribution in [0.25, 0.3) is 11.3 Å². The number of benzene rings is 1. The number of hydrogen-bond acceptors (Lipinski definition) is 4. The zero-order valence-electron chi connectivity index (χ0n) is 12.8. The molecule has 0 saturated carbocycles. The van der Waals surface area contributed by atoms with Crippen molar-refractivity contribution >= 4 is 0 Å². The predicted molar refractivity (Wildman–Crippen MR) is 79.6 cm³/mol. The summed E-state index contributed by atoms with van der Waals surface area (Å²) in [5.74, 6) is 0.237. The number of aliphatic hydroxyl groups is 1. The fourth-order valence-corrected chi connectivity index (χ4v) is 2.79. The molecule has 2 aromatic rings. The second kappa shape index (κ2) is 5.98. The molecule has 1 aromatic carbocycles. The van der Waals surface area contributed by atoms with Crippen LogP contribution in [-0.4, -0.2) is 5.11 Å². The monoisotopic (exact) mass is 340 g/mol. The SMILES string of the molecule is CCCC1Oc2cc(C(F)(F)F)ccc2-c2occ(CO)c(=O)c21. The van der Waals surface area contributed by atoms with Crippen LogP contribution in [0.3, 0.4) is 0 Å². The van der Waals surface area contributed by atoms with E-state index < -0.39 is 29.9 Å². The van der Waals surface area contributed by atoms with Crippen LogP contribution in [-0.2, 0) is 12.8 Å². The van der Waals surface area contributed by atoms with Crippen LogP contribution < -0.4 is 10.2 Å². The molecule has 0 amide bonds. The molecule has 1 aromatic heterocycles. The van der Waals surface area contributed by atoms with Crippen molar-refractivity contribution in [1.29, 1.82) is 0 Å². The number of alkyl halides is 3. The highest BCUT2D eigenvalue weighted by atomic mass is 19.4. The highest BCUT2D eigenvalue weighted by Gasteiger charge is 2.35. The Balaban J connectivity index is 2.21. The predicted octanol–water partition coefficient (Wildman–Crippen LogP) is 4.05. The molecular formula is C17H15F3O4. The number of halogens is 3. The van der Waals surface area contributed by atoms with Gasteiger partial charge in [-0.2, -0.15) is 13.2 Å². The highest BCUT2D eigenvalue weighted by molar-refractivity contribution is 5.71. The Morgan fingerprint density at radius 2 is 2.04 bits per heavy atom. The van der Waals surface area contributed by atoms with E-state index in [-0.39, 0.29) is 22.6 Å². The van der Waals surface area contributed by atoms with Crippen LogP contribution in [0, 0.1) is 0 Å². The van der Waals surface area contributed by atoms with Crippen molar-refractivity contribution in [3.8, 4) is 17.1 Å². The van der Waals surface area contributed by atoms with Crippen LogP contribution in [0.4, 0.5) is 13.2 Å². The fraction of sp³-hybridized carbons (Fsp3) is 0.353. The molecule has 24 heavy (non-hydrogen) atoms. The third-order valence-corrected chi connectivity index (χ3v) is 3.97. The molecule has 0 aliphatic carbocycles. The molecule has 0 spiro atoms. The van der Waals surface area contributed by atoms with Gasteiger partial charge in [-0.15, -0.1) is 0 Å². The molecule has 0 fully saturated rings. The van der Waals surface area contributed by atoms with E-state index in [0.29, 0.717) is 18.4 Å². The quantitative estimate of drug-likeness (QED) is 0.916. The van der Waals surface area contributed by atoms with Gasteiger partial charge < -0.3 is 14.3 Å². The second-order valence-corrected chi connectivity index (χ2v) is 5.59. The Labute approximate surface area is 135 Å². The summed E-state index contributed by atoms with van der Waals surface area (Å²) in [4.78, 5) is 12.5. The lowest BCUT2D eigenvalue weighted by Crippen LogP contribution is -2.25. The van der Waals surface area contributed by atoms with Gasteiger partial charge >= 0.3 is 6.18 Å². The maximum atomic E-state index is 12.9. The molecule has 1 atom stereocenters. The van der Waals surface area contributed by atoms with Crippen LogP contribution in [0.15, 0.2) is 33.7 Å². The summed E-state index contributed by atoms with van der Waals surface area (Å²) in [7, 11) is 0. The molecule has 1 unspecified atom stereocenters. The third-order valence-electron chi connectivity index (χ3n) is 3.97. The lowest BCUT2D eigenvalue weighted by molar-refractivity contribution is -0.137. The van der Waals surface area contributed by atoms with Crippen LogP contribution in [0.5, 0.6) is 5.75 Å². The van der Waals surface area contributed by atoms with Crippen molar-refractivity contribution in [2.75, 3.05) is 0 Å². The molecular weight excluding hydrogens is 325 g/mol. The van der Waals surface area contributed by atoms with Gasteiger partial charge in [0.2, 0.25) is 0 Å². The molecule has 3 rings (SSSR count). The fourth-order valence-electron chi connectivity index (χ4n) is 2.79. The molecule has 0 saturated heterocycles. The zero-order chi connectivity index (χ0) is 17.5. The summed E-state index contributed by atoms with van der Waals surface area (Å²) in [6.07, 6.45) is -2.94. The number of fused-ring (bicyclic) bond motifs is 3. The summed E-state index contributed by atoms with van der Waals surface area (Å²) >= 11 is 0. The Hall–Kier alpha value is -2.28. The summed E-state index contributed by atoms with van der Waals surface area (Å²) in [6.45, 7) is 1.40. The third kappa shape index (κ3) is 2.69. The van der Waals surface area contributed by atoms with Gasteiger partial charge in [-0.1, -0.05) is 13.3 Å². The lowest BCUT2D eigenvalue weighted by atomic mass is 9.94.